The molecule has 185 valence electrons. The second-order valence-electron chi connectivity index (χ2n) is 6.20. The summed E-state index contributed by atoms with van der Waals surface area (Å²) >= 11 is 9.97. The Kier molecular flexibility index (Phi) is 18.9. The fourth-order valence-electron chi connectivity index (χ4n) is 2.42. The molecule has 34 heavy (non-hydrogen) atoms. The van der Waals surface area contributed by atoms with Gasteiger partial charge in [0.05, 0.1) is 0 Å². The van der Waals surface area contributed by atoms with Gasteiger partial charge in [-0.1, -0.05) is 30.8 Å². The molecule has 0 unspecified atom stereocenters. The predicted molar refractivity (Wildman–Crippen MR) is 155 cm³/mol. The average molecular weight is 733 g/mol. The van der Waals surface area contributed by atoms with Crippen molar-refractivity contribution in [3.05, 3.63) is 106 Å². The predicted octanol–water partition coefficient (Wildman–Crippen LogP) is 8.13. The SMILES string of the molecule is Brc1cccnc1.Brc1cccnc1.CCC1N(SC)C=CN1SC.[Cl][Ru]=[CH]c1ccccc1. The molecule has 10 heteroatoms. The van der Waals surface area contributed by atoms with Gasteiger partial charge in [0.15, 0.2) is 0 Å². The monoisotopic (exact) mass is 731 g/mol. The maximum atomic E-state index is 5.57. The third-order valence-electron chi connectivity index (χ3n) is 3.94. The van der Waals surface area contributed by atoms with Gasteiger partial charge in [0.1, 0.15) is 6.17 Å². The average Bonchev–Trinajstić information content (AvgIpc) is 3.29. The van der Waals surface area contributed by atoms with Crippen molar-refractivity contribution in [2.24, 2.45) is 0 Å². The first-order valence-electron chi connectivity index (χ1n) is 10.1. The van der Waals surface area contributed by atoms with Crippen LogP contribution in [-0.4, -0.2) is 41.9 Å². The zero-order chi connectivity index (χ0) is 25.0. The third kappa shape index (κ3) is 14.0. The molecule has 0 atom stereocenters. The fourth-order valence-corrected chi connectivity index (χ4v) is 5.44. The van der Waals surface area contributed by atoms with Crippen LogP contribution in [0.25, 0.3) is 0 Å². The molecule has 3 heterocycles. The molecule has 1 aliphatic rings. The Bertz CT molecular complexity index is 890. The molecular formula is C24H28Br2ClN4RuS2. The summed E-state index contributed by atoms with van der Waals surface area (Å²) < 4.78 is 8.66. The summed E-state index contributed by atoms with van der Waals surface area (Å²) in [5, 5.41) is 0. The molecule has 4 rings (SSSR count). The van der Waals surface area contributed by atoms with Crippen molar-refractivity contribution < 1.29 is 15.7 Å². The minimum absolute atomic E-state index is 0.0765. The van der Waals surface area contributed by atoms with E-state index in [2.05, 4.69) is 99.0 Å². The van der Waals surface area contributed by atoms with Crippen LogP contribution in [0.5, 0.6) is 0 Å². The molecule has 0 N–H and O–H groups in total. The van der Waals surface area contributed by atoms with Crippen LogP contribution in [-0.2, 0) is 15.7 Å². The Labute approximate surface area is 240 Å². The summed E-state index contributed by atoms with van der Waals surface area (Å²) in [6.07, 6.45) is 17.2. The summed E-state index contributed by atoms with van der Waals surface area (Å²) in [4.78, 5) is 7.67. The number of benzene rings is 1. The van der Waals surface area contributed by atoms with Gasteiger partial charge < -0.3 is 0 Å². The molecular weight excluding hydrogens is 705 g/mol. The van der Waals surface area contributed by atoms with Crippen LogP contribution in [0.15, 0.2) is 101 Å². The second-order valence-corrected chi connectivity index (χ2v) is 11.4. The van der Waals surface area contributed by atoms with Crippen molar-refractivity contribution in [1.82, 2.24) is 18.6 Å². The second kappa shape index (κ2) is 20.5. The number of aromatic nitrogens is 2. The molecule has 0 spiro atoms. The van der Waals surface area contributed by atoms with Crippen LogP contribution < -0.4 is 0 Å². The van der Waals surface area contributed by atoms with E-state index in [4.69, 9.17) is 9.69 Å². The van der Waals surface area contributed by atoms with Crippen LogP contribution in [0.2, 0.25) is 0 Å². The normalized spacial score (nSPS) is 12.5. The number of pyridine rings is 2. The summed E-state index contributed by atoms with van der Waals surface area (Å²) in [7, 11) is 5.57. The van der Waals surface area contributed by atoms with Gasteiger partial charge >= 0.3 is 65.9 Å². The van der Waals surface area contributed by atoms with Gasteiger partial charge in [-0.2, -0.15) is 0 Å². The van der Waals surface area contributed by atoms with Crippen molar-refractivity contribution in [2.45, 2.75) is 19.5 Å². The van der Waals surface area contributed by atoms with Gasteiger partial charge in [-0.3, -0.25) is 18.6 Å². The van der Waals surface area contributed by atoms with Gasteiger partial charge in [0, 0.05) is 58.6 Å². The molecule has 0 bridgehead atoms. The van der Waals surface area contributed by atoms with Gasteiger partial charge in [-0.15, -0.1) is 0 Å². The van der Waals surface area contributed by atoms with Crippen LogP contribution in [0.4, 0.5) is 0 Å². The summed E-state index contributed by atoms with van der Waals surface area (Å²) in [5.74, 6) is 0. The summed E-state index contributed by atoms with van der Waals surface area (Å²) in [6, 6.07) is 17.8. The Morgan fingerprint density at radius 2 is 1.38 bits per heavy atom. The topological polar surface area (TPSA) is 32.3 Å². The van der Waals surface area contributed by atoms with Crippen molar-refractivity contribution in [3.63, 3.8) is 0 Å². The molecule has 0 saturated heterocycles. The van der Waals surface area contributed by atoms with Crippen molar-refractivity contribution in [1.29, 1.82) is 0 Å². The van der Waals surface area contributed by atoms with Crippen LogP contribution in [0.1, 0.15) is 18.9 Å². The quantitative estimate of drug-likeness (QED) is 0.199. The fraction of sp³-hybridized carbons (Fsp3) is 0.208. The Morgan fingerprint density at radius 3 is 1.68 bits per heavy atom. The van der Waals surface area contributed by atoms with Gasteiger partial charge in [-0.25, -0.2) is 0 Å². The minimum atomic E-state index is -0.0765. The van der Waals surface area contributed by atoms with E-state index in [1.165, 1.54) is 5.56 Å². The molecule has 4 nitrogen and oxygen atoms in total. The first kappa shape index (κ1) is 31.3. The standard InChI is InChI=1S/C7H14N2S2.C7H6.2C5H4BrN.ClH.Ru/c1-4-7-8(10-2)5-6-9(7)11-3;1-7-5-3-2-4-6-7;2*6-5-2-1-3-7-4-5;;/h5-7H,4H2,1-3H3;1-6H;2*1-4H;1H;/q;;;;;+1/p-1. The zero-order valence-electron chi connectivity index (χ0n) is 19.1. The molecule has 0 radical (unpaired) electrons. The van der Waals surface area contributed by atoms with Gasteiger partial charge in [0.25, 0.3) is 0 Å². The molecule has 1 aliphatic heterocycles. The molecule has 0 amide bonds. The van der Waals surface area contributed by atoms with E-state index in [0.717, 1.165) is 15.4 Å². The van der Waals surface area contributed by atoms with Crippen molar-refractivity contribution in [2.75, 3.05) is 12.5 Å². The molecule has 0 fully saturated rings. The molecule has 3 aromatic rings. The van der Waals surface area contributed by atoms with Crippen molar-refractivity contribution >= 4 is 70.1 Å². The number of hydrogen-bond acceptors (Lipinski definition) is 6. The van der Waals surface area contributed by atoms with Gasteiger partial charge in [-0.05, 0) is 62.5 Å². The van der Waals surface area contributed by atoms with Crippen LogP contribution in [0, 0.1) is 0 Å². The van der Waals surface area contributed by atoms with E-state index in [-0.39, 0.29) is 15.7 Å². The van der Waals surface area contributed by atoms with E-state index in [1.807, 2.05) is 42.5 Å². The number of rotatable bonds is 4. The van der Waals surface area contributed by atoms with E-state index < -0.39 is 0 Å². The van der Waals surface area contributed by atoms with Crippen molar-refractivity contribution in [3.8, 4) is 0 Å². The first-order valence-corrected chi connectivity index (χ1v) is 17.3. The molecule has 2 aromatic heterocycles. The maximum absolute atomic E-state index is 5.57. The molecule has 0 saturated carbocycles. The van der Waals surface area contributed by atoms with E-state index in [1.54, 1.807) is 48.7 Å². The summed E-state index contributed by atoms with van der Waals surface area (Å²) in [5.41, 5.74) is 1.23. The Hall–Kier alpha value is -0.697. The van der Waals surface area contributed by atoms with Crippen LogP contribution >= 0.6 is 65.4 Å². The first-order chi connectivity index (χ1) is 16.5. The summed E-state index contributed by atoms with van der Waals surface area (Å²) in [6.45, 7) is 2.21. The van der Waals surface area contributed by atoms with E-state index >= 15 is 0 Å². The van der Waals surface area contributed by atoms with Gasteiger partial charge in [0.2, 0.25) is 0 Å². The third-order valence-corrected chi connectivity index (χ3v) is 7.68. The van der Waals surface area contributed by atoms with Crippen LogP contribution in [0.3, 0.4) is 0 Å². The number of halogens is 3. The molecule has 1 aromatic carbocycles. The number of nitrogens with zero attached hydrogens (tertiary/aromatic N) is 4. The molecule has 0 aliphatic carbocycles. The zero-order valence-corrected chi connectivity index (χ0v) is 26.4. The Balaban J connectivity index is 0.000000231. The number of hydrogen-bond donors (Lipinski definition) is 0. The van der Waals surface area contributed by atoms with E-state index in [0.29, 0.717) is 6.17 Å². The Morgan fingerprint density at radius 1 is 0.882 bits per heavy atom. The van der Waals surface area contributed by atoms with E-state index in [9.17, 15) is 0 Å².